The first-order valence-corrected chi connectivity index (χ1v) is 15.5. The molecule has 2 aromatic heterocycles. The summed E-state index contributed by atoms with van der Waals surface area (Å²) in [5.41, 5.74) is 7.14. The van der Waals surface area contributed by atoms with Crippen LogP contribution in [-0.2, 0) is 0 Å². The average molecular weight is 563 g/mol. The van der Waals surface area contributed by atoms with Gasteiger partial charge in [-0.05, 0) is 64.2 Å². The molecule has 0 amide bonds. The van der Waals surface area contributed by atoms with Gasteiger partial charge in [0.1, 0.15) is 11.2 Å². The van der Waals surface area contributed by atoms with Crippen molar-refractivity contribution in [2.45, 2.75) is 16.1 Å². The van der Waals surface area contributed by atoms with Crippen molar-refractivity contribution in [1.29, 1.82) is 0 Å². The fourth-order valence-corrected chi connectivity index (χ4v) is 9.24. The fourth-order valence-electron chi connectivity index (χ4n) is 6.51. The van der Waals surface area contributed by atoms with Gasteiger partial charge in [0.25, 0.3) is 0 Å². The van der Waals surface area contributed by atoms with E-state index in [0.29, 0.717) is 33.1 Å². The molecule has 2 unspecified atom stereocenters. The lowest BCUT2D eigenvalue weighted by Crippen LogP contribution is -2.13. The first kappa shape index (κ1) is 23.3. The van der Waals surface area contributed by atoms with Crippen LogP contribution in [0.4, 0.5) is 0 Å². The van der Waals surface area contributed by atoms with E-state index in [1.807, 2.05) is 36.0 Å². The number of rotatable bonds is 2. The fraction of sp³-hybridized carbons (Fsp3) is 0.0541. The van der Waals surface area contributed by atoms with Crippen LogP contribution in [-0.4, -0.2) is 5.25 Å². The second-order valence-corrected chi connectivity index (χ2v) is 13.0. The van der Waals surface area contributed by atoms with E-state index in [1.165, 1.54) is 36.2 Å². The van der Waals surface area contributed by atoms with E-state index >= 15 is 0 Å². The van der Waals surface area contributed by atoms with Gasteiger partial charge in [0.05, 0.1) is 10.8 Å². The first-order valence-electron chi connectivity index (χ1n) is 13.8. The molecule has 2 aliphatic rings. The number of hydrogen-bond acceptors (Lipinski definition) is 4. The van der Waals surface area contributed by atoms with Gasteiger partial charge in [0.15, 0.2) is 0 Å². The molecule has 194 valence electrons. The summed E-state index contributed by atoms with van der Waals surface area (Å²) in [5.74, 6) is 0.346. The van der Waals surface area contributed by atoms with E-state index in [9.17, 15) is 4.79 Å². The maximum absolute atomic E-state index is 14.0. The zero-order valence-electron chi connectivity index (χ0n) is 21.8. The summed E-state index contributed by atoms with van der Waals surface area (Å²) in [7, 11) is 0. The van der Waals surface area contributed by atoms with Crippen molar-refractivity contribution in [3.63, 3.8) is 0 Å². The van der Waals surface area contributed by atoms with Crippen molar-refractivity contribution in [2.75, 3.05) is 0 Å². The Balaban J connectivity index is 1.18. The number of thiophene rings is 1. The van der Waals surface area contributed by atoms with Crippen LogP contribution in [0.5, 0.6) is 0 Å². The average Bonchev–Trinajstić information content (AvgIpc) is 3.60. The zero-order chi connectivity index (χ0) is 27.1. The van der Waals surface area contributed by atoms with Gasteiger partial charge in [-0.2, -0.15) is 0 Å². The van der Waals surface area contributed by atoms with Gasteiger partial charge in [-0.15, -0.1) is 23.1 Å². The number of thioether (sulfide) groups is 1. The molecule has 2 atom stereocenters. The van der Waals surface area contributed by atoms with Crippen molar-refractivity contribution in [3.8, 4) is 11.1 Å². The van der Waals surface area contributed by atoms with E-state index in [2.05, 4.69) is 97.1 Å². The molecule has 0 saturated heterocycles. The minimum atomic E-state index is 0.0133. The van der Waals surface area contributed by atoms with E-state index < -0.39 is 0 Å². The number of fused-ring (bicyclic) bond motifs is 8. The molecule has 0 bridgehead atoms. The Morgan fingerprint density at radius 1 is 0.683 bits per heavy atom. The Bertz CT molecular complexity index is 2340. The molecule has 1 aliphatic carbocycles. The van der Waals surface area contributed by atoms with Crippen LogP contribution in [0.3, 0.4) is 0 Å². The Hall–Kier alpha value is -4.38. The standard InChI is InChI=1S/C37H22O2S2/c38-35-29-19-21(23-9-5-11-27-25-7-1-3-13-33(25)40-36(23)27)15-17-31(29)39-32-18-16-22(20-30(32)35)24-10-6-12-28-26-8-2-4-14-34(26)41-37(24)28/h1-20,27,36H. The molecule has 1 aliphatic heterocycles. The third kappa shape index (κ3) is 3.48. The van der Waals surface area contributed by atoms with Gasteiger partial charge in [0, 0.05) is 36.2 Å². The van der Waals surface area contributed by atoms with Crippen molar-refractivity contribution in [3.05, 3.63) is 143 Å². The van der Waals surface area contributed by atoms with Crippen molar-refractivity contribution < 1.29 is 4.42 Å². The molecule has 0 N–H and O–H groups in total. The molecule has 5 aromatic carbocycles. The Morgan fingerprint density at radius 3 is 2.34 bits per heavy atom. The van der Waals surface area contributed by atoms with Crippen molar-refractivity contribution >= 4 is 70.8 Å². The highest BCUT2D eigenvalue weighted by Gasteiger charge is 2.35. The van der Waals surface area contributed by atoms with Gasteiger partial charge < -0.3 is 4.42 Å². The quantitative estimate of drug-likeness (QED) is 0.196. The Labute approximate surface area is 244 Å². The SMILES string of the molecule is O=c1c2cc(C3=CC=CC4c5ccccc5SC34)ccc2oc2ccc(-c3cccc4c3sc3ccccc34)cc12. The lowest BCUT2D eigenvalue weighted by Gasteiger charge is -2.23. The number of allylic oxidation sites excluding steroid dienone is 3. The topological polar surface area (TPSA) is 30.2 Å². The highest BCUT2D eigenvalue weighted by molar-refractivity contribution is 8.00. The molecule has 9 rings (SSSR count). The third-order valence-electron chi connectivity index (χ3n) is 8.48. The maximum atomic E-state index is 14.0. The lowest BCUT2D eigenvalue weighted by molar-refractivity contribution is 0.660. The van der Waals surface area contributed by atoms with Crippen molar-refractivity contribution in [1.82, 2.24) is 0 Å². The summed E-state index contributed by atoms with van der Waals surface area (Å²) in [6, 6.07) is 35.7. The summed E-state index contributed by atoms with van der Waals surface area (Å²) in [6.45, 7) is 0. The van der Waals surface area contributed by atoms with Gasteiger partial charge in [-0.1, -0.05) is 85.0 Å². The van der Waals surface area contributed by atoms with Crippen LogP contribution in [0.25, 0.3) is 58.8 Å². The van der Waals surface area contributed by atoms with Crippen LogP contribution >= 0.6 is 23.1 Å². The van der Waals surface area contributed by atoms with Gasteiger partial charge in [0.2, 0.25) is 5.43 Å². The monoisotopic (exact) mass is 562 g/mol. The highest BCUT2D eigenvalue weighted by Crippen LogP contribution is 2.52. The predicted molar refractivity (Wildman–Crippen MR) is 174 cm³/mol. The molecule has 0 saturated carbocycles. The molecular weight excluding hydrogens is 541 g/mol. The molecule has 41 heavy (non-hydrogen) atoms. The summed E-state index contributed by atoms with van der Waals surface area (Å²) < 4.78 is 8.81. The summed E-state index contributed by atoms with van der Waals surface area (Å²) in [4.78, 5) is 15.4. The third-order valence-corrected chi connectivity index (χ3v) is 11.1. The second kappa shape index (κ2) is 8.81. The molecule has 4 heteroatoms. The minimum absolute atomic E-state index is 0.0133. The normalized spacial score (nSPS) is 17.8. The highest BCUT2D eigenvalue weighted by atomic mass is 32.2. The molecule has 0 fully saturated rings. The largest absolute Gasteiger partial charge is 0.456 e. The van der Waals surface area contributed by atoms with E-state index in [-0.39, 0.29) is 5.43 Å². The molecule has 0 spiro atoms. The lowest BCUT2D eigenvalue weighted by atomic mass is 9.85. The Kier molecular flexibility index (Phi) is 5.01. The predicted octanol–water partition coefficient (Wildman–Crippen LogP) is 10.2. The Morgan fingerprint density at radius 2 is 1.44 bits per heavy atom. The van der Waals surface area contributed by atoms with Crippen LogP contribution in [0.1, 0.15) is 17.0 Å². The van der Waals surface area contributed by atoms with Crippen LogP contribution in [0, 0.1) is 0 Å². The minimum Gasteiger partial charge on any atom is -0.456 e. The molecule has 7 aromatic rings. The van der Waals surface area contributed by atoms with Gasteiger partial charge in [-0.3, -0.25) is 4.79 Å². The zero-order valence-corrected chi connectivity index (χ0v) is 23.5. The second-order valence-electron chi connectivity index (χ2n) is 10.7. The molecule has 2 nitrogen and oxygen atoms in total. The summed E-state index contributed by atoms with van der Waals surface area (Å²) in [5, 5.41) is 4.06. The van der Waals surface area contributed by atoms with Gasteiger partial charge in [-0.25, -0.2) is 0 Å². The van der Waals surface area contributed by atoms with Gasteiger partial charge >= 0.3 is 0 Å². The number of benzene rings is 5. The maximum Gasteiger partial charge on any atom is 0.200 e. The van der Waals surface area contributed by atoms with Crippen molar-refractivity contribution in [2.24, 2.45) is 0 Å². The smallest absolute Gasteiger partial charge is 0.200 e. The number of hydrogen-bond donors (Lipinski definition) is 0. The molecule has 0 radical (unpaired) electrons. The van der Waals surface area contributed by atoms with Crippen LogP contribution in [0.2, 0.25) is 0 Å². The molecular formula is C37H22O2S2. The first-order chi connectivity index (χ1) is 20.2. The van der Waals surface area contributed by atoms with Crippen LogP contribution in [0.15, 0.2) is 135 Å². The van der Waals surface area contributed by atoms with E-state index in [4.69, 9.17) is 4.42 Å². The summed E-state index contributed by atoms with van der Waals surface area (Å²) >= 11 is 3.72. The van der Waals surface area contributed by atoms with E-state index in [0.717, 1.165) is 16.7 Å². The summed E-state index contributed by atoms with van der Waals surface area (Å²) in [6.07, 6.45) is 6.66. The molecule has 3 heterocycles. The van der Waals surface area contributed by atoms with Crippen LogP contribution < -0.4 is 5.43 Å². The van der Waals surface area contributed by atoms with E-state index in [1.54, 1.807) is 11.3 Å².